The molecule has 0 bridgehead atoms. The van der Waals surface area contributed by atoms with Crippen LogP contribution in [0.1, 0.15) is 18.9 Å². The van der Waals surface area contributed by atoms with Gasteiger partial charge in [0.05, 0.1) is 32.5 Å². The first kappa shape index (κ1) is 16.1. The van der Waals surface area contributed by atoms with Crippen molar-refractivity contribution in [3.63, 3.8) is 0 Å². The van der Waals surface area contributed by atoms with Gasteiger partial charge < -0.3 is 19.7 Å². The summed E-state index contributed by atoms with van der Waals surface area (Å²) in [5, 5.41) is 19.9. The molecule has 1 aromatic rings. The van der Waals surface area contributed by atoms with Crippen molar-refractivity contribution >= 4 is 0 Å². The van der Waals surface area contributed by atoms with Crippen LogP contribution in [0.3, 0.4) is 0 Å². The van der Waals surface area contributed by atoms with Gasteiger partial charge in [-0.05, 0) is 13.0 Å². The molecular weight excluding hydrogens is 274 g/mol. The molecule has 3 atom stereocenters. The Bertz CT molecular complexity index is 429. The van der Waals surface area contributed by atoms with Crippen molar-refractivity contribution in [3.8, 4) is 6.01 Å². The monoisotopic (exact) mass is 297 g/mol. The topological polar surface area (TPSA) is 87.9 Å². The molecule has 2 N–H and O–H groups in total. The van der Waals surface area contributed by atoms with Crippen LogP contribution >= 0.6 is 0 Å². The summed E-state index contributed by atoms with van der Waals surface area (Å²) in [5.41, 5.74) is 0.927. The lowest BCUT2D eigenvalue weighted by atomic mass is 10.0. The largest absolute Gasteiger partial charge is 0.467 e. The Balaban J connectivity index is 2.06. The maximum Gasteiger partial charge on any atom is 0.316 e. The van der Waals surface area contributed by atoms with E-state index in [0.717, 1.165) is 18.5 Å². The van der Waals surface area contributed by atoms with Crippen LogP contribution in [-0.4, -0.2) is 70.2 Å². The van der Waals surface area contributed by atoms with E-state index in [1.165, 1.54) is 7.11 Å². The molecule has 0 unspecified atom stereocenters. The van der Waals surface area contributed by atoms with Crippen molar-refractivity contribution in [3.05, 3.63) is 18.0 Å². The Morgan fingerprint density at radius 1 is 1.33 bits per heavy atom. The Labute approximate surface area is 124 Å². The second-order valence-electron chi connectivity index (χ2n) is 5.21. The molecule has 2 rings (SSSR count). The molecule has 1 saturated heterocycles. The lowest BCUT2D eigenvalue weighted by molar-refractivity contribution is -0.134. The molecule has 1 aromatic heterocycles. The molecule has 1 aliphatic heterocycles. The molecule has 118 valence electrons. The summed E-state index contributed by atoms with van der Waals surface area (Å²) in [6.45, 7) is 4.06. The Hall–Kier alpha value is -1.28. The summed E-state index contributed by atoms with van der Waals surface area (Å²) in [6, 6.07) is 0.105. The number of methoxy groups -OCH3 is 1. The highest BCUT2D eigenvalue weighted by Gasteiger charge is 2.35. The quantitative estimate of drug-likeness (QED) is 0.753. The molecule has 0 saturated carbocycles. The number of rotatable bonds is 6. The van der Waals surface area contributed by atoms with E-state index in [0.29, 0.717) is 19.2 Å². The molecule has 1 fully saturated rings. The summed E-state index contributed by atoms with van der Waals surface area (Å²) in [4.78, 5) is 10.3. The Kier molecular flexibility index (Phi) is 5.86. The van der Waals surface area contributed by atoms with Crippen LogP contribution in [0.15, 0.2) is 12.4 Å². The molecule has 7 heteroatoms. The highest BCUT2D eigenvalue weighted by molar-refractivity contribution is 5.08. The van der Waals surface area contributed by atoms with Gasteiger partial charge in [-0.2, -0.15) is 0 Å². The first-order chi connectivity index (χ1) is 10.2. The average Bonchev–Trinajstić information content (AvgIpc) is 2.50. The maximum absolute atomic E-state index is 10.2. The Morgan fingerprint density at radius 2 is 2.05 bits per heavy atom. The lowest BCUT2D eigenvalue weighted by Crippen LogP contribution is -2.55. The van der Waals surface area contributed by atoms with E-state index in [4.69, 9.17) is 9.47 Å². The van der Waals surface area contributed by atoms with Gasteiger partial charge in [-0.3, -0.25) is 4.90 Å². The van der Waals surface area contributed by atoms with E-state index in [-0.39, 0.29) is 12.6 Å². The molecule has 0 amide bonds. The smallest absolute Gasteiger partial charge is 0.316 e. The number of hydrogen-bond acceptors (Lipinski definition) is 7. The van der Waals surface area contributed by atoms with Gasteiger partial charge in [0.25, 0.3) is 0 Å². The van der Waals surface area contributed by atoms with Gasteiger partial charge in [-0.1, -0.05) is 6.92 Å². The van der Waals surface area contributed by atoms with Crippen LogP contribution in [0.4, 0.5) is 0 Å². The number of aliphatic hydroxyl groups excluding tert-OH is 2. The average molecular weight is 297 g/mol. The zero-order chi connectivity index (χ0) is 15.2. The summed E-state index contributed by atoms with van der Waals surface area (Å²) in [6.07, 6.45) is 2.72. The number of aromatic nitrogens is 2. The minimum absolute atomic E-state index is 0.184. The molecule has 0 radical (unpaired) electrons. The predicted molar refractivity (Wildman–Crippen MR) is 75.9 cm³/mol. The van der Waals surface area contributed by atoms with Crippen molar-refractivity contribution in [2.45, 2.75) is 38.1 Å². The number of ether oxygens (including phenoxy) is 2. The van der Waals surface area contributed by atoms with Crippen LogP contribution in [0, 0.1) is 0 Å². The van der Waals surface area contributed by atoms with E-state index in [1.807, 2.05) is 0 Å². The normalized spacial score (nSPS) is 26.0. The third kappa shape index (κ3) is 4.10. The molecular formula is C14H23N3O4. The fraction of sp³-hybridized carbons (Fsp3) is 0.714. The second-order valence-corrected chi connectivity index (χ2v) is 5.21. The van der Waals surface area contributed by atoms with Crippen LogP contribution in [0.25, 0.3) is 0 Å². The molecule has 0 aromatic carbocycles. The van der Waals surface area contributed by atoms with Gasteiger partial charge in [0.15, 0.2) is 0 Å². The van der Waals surface area contributed by atoms with Crippen molar-refractivity contribution < 1.29 is 19.7 Å². The molecule has 7 nitrogen and oxygen atoms in total. The van der Waals surface area contributed by atoms with Crippen molar-refractivity contribution in [2.75, 3.05) is 26.9 Å². The number of aliphatic hydroxyl groups is 2. The van der Waals surface area contributed by atoms with Gasteiger partial charge >= 0.3 is 6.01 Å². The number of hydrogen-bond donors (Lipinski definition) is 2. The summed E-state index contributed by atoms with van der Waals surface area (Å²) >= 11 is 0. The van der Waals surface area contributed by atoms with Gasteiger partial charge in [0.1, 0.15) is 6.10 Å². The van der Waals surface area contributed by atoms with Gasteiger partial charge in [0.2, 0.25) is 0 Å². The molecule has 21 heavy (non-hydrogen) atoms. The standard InChI is InChI=1S/C14H23N3O4/c1-3-4-17(11-8-21-9-12(18)13(11)19)7-10-5-15-14(20-2)16-6-10/h5-6,11-13,18-19H,3-4,7-9H2,1-2H3/t11-,12-,13+/m1/s1. The lowest BCUT2D eigenvalue weighted by Gasteiger charge is -2.39. The van der Waals surface area contributed by atoms with Gasteiger partial charge in [-0.15, -0.1) is 0 Å². The number of nitrogens with zero attached hydrogens (tertiary/aromatic N) is 3. The maximum atomic E-state index is 10.2. The first-order valence-corrected chi connectivity index (χ1v) is 7.18. The third-order valence-electron chi connectivity index (χ3n) is 3.60. The van der Waals surface area contributed by atoms with Crippen molar-refractivity contribution in [1.82, 2.24) is 14.9 Å². The Morgan fingerprint density at radius 3 is 2.67 bits per heavy atom. The van der Waals surface area contributed by atoms with E-state index in [1.54, 1.807) is 12.4 Å². The zero-order valence-electron chi connectivity index (χ0n) is 12.5. The predicted octanol–water partition coefficient (Wildman–Crippen LogP) is -0.182. The second kappa shape index (κ2) is 7.65. The SMILES string of the molecule is CCCN(Cc1cnc(OC)nc1)[C@@H]1COC[C@@H](O)[C@H]1O. The van der Waals surface area contributed by atoms with E-state index in [2.05, 4.69) is 21.8 Å². The van der Waals surface area contributed by atoms with Gasteiger partial charge in [0, 0.05) is 24.5 Å². The molecule has 0 aliphatic carbocycles. The summed E-state index contributed by atoms with van der Waals surface area (Å²) in [7, 11) is 1.52. The third-order valence-corrected chi connectivity index (χ3v) is 3.60. The molecule has 1 aliphatic rings. The van der Waals surface area contributed by atoms with Crippen molar-refractivity contribution in [2.24, 2.45) is 0 Å². The summed E-state index contributed by atoms with van der Waals surface area (Å²) < 4.78 is 10.3. The molecule has 2 heterocycles. The highest BCUT2D eigenvalue weighted by atomic mass is 16.5. The minimum Gasteiger partial charge on any atom is -0.467 e. The van der Waals surface area contributed by atoms with E-state index < -0.39 is 12.2 Å². The highest BCUT2D eigenvalue weighted by Crippen LogP contribution is 2.18. The first-order valence-electron chi connectivity index (χ1n) is 7.18. The van der Waals surface area contributed by atoms with Gasteiger partial charge in [-0.25, -0.2) is 9.97 Å². The fourth-order valence-electron chi connectivity index (χ4n) is 2.50. The van der Waals surface area contributed by atoms with Crippen LogP contribution < -0.4 is 4.74 Å². The zero-order valence-corrected chi connectivity index (χ0v) is 12.5. The van der Waals surface area contributed by atoms with Crippen molar-refractivity contribution in [1.29, 1.82) is 0 Å². The minimum atomic E-state index is -0.838. The van der Waals surface area contributed by atoms with E-state index in [9.17, 15) is 10.2 Å². The summed E-state index contributed by atoms with van der Waals surface area (Å²) in [5.74, 6) is 0. The molecule has 0 spiro atoms. The van der Waals surface area contributed by atoms with Crippen LogP contribution in [0.5, 0.6) is 6.01 Å². The van der Waals surface area contributed by atoms with Crippen LogP contribution in [0.2, 0.25) is 0 Å². The van der Waals surface area contributed by atoms with E-state index >= 15 is 0 Å². The fourth-order valence-corrected chi connectivity index (χ4v) is 2.50. The van der Waals surface area contributed by atoms with Crippen LogP contribution in [-0.2, 0) is 11.3 Å².